The van der Waals surface area contributed by atoms with Crippen LogP contribution in [0.2, 0.25) is 5.15 Å². The maximum absolute atomic E-state index is 12.1. The van der Waals surface area contributed by atoms with Gasteiger partial charge in [-0.05, 0) is 17.2 Å². The molecule has 0 unspecified atom stereocenters. The van der Waals surface area contributed by atoms with Crippen LogP contribution in [0.5, 0.6) is 0 Å². The fourth-order valence-corrected chi connectivity index (χ4v) is 2.59. The van der Waals surface area contributed by atoms with Crippen LogP contribution in [0.25, 0.3) is 0 Å². The summed E-state index contributed by atoms with van der Waals surface area (Å²) in [6.45, 7) is -0.150. The number of aliphatic hydroxyl groups is 1. The van der Waals surface area contributed by atoms with Crippen LogP contribution < -0.4 is 10.6 Å². The Morgan fingerprint density at radius 1 is 1.10 bits per heavy atom. The molecule has 1 heterocycles. The average molecular weight is 436 g/mol. The fourth-order valence-electron chi connectivity index (χ4n) is 2.48. The van der Waals surface area contributed by atoms with Gasteiger partial charge in [0.1, 0.15) is 17.8 Å². The quantitative estimate of drug-likeness (QED) is 0.415. The molecule has 2 aromatic rings. The average Bonchev–Trinajstić information content (AvgIpc) is 2.72. The van der Waals surface area contributed by atoms with Crippen molar-refractivity contribution in [1.82, 2.24) is 15.6 Å². The van der Waals surface area contributed by atoms with Gasteiger partial charge in [-0.2, -0.15) is 0 Å². The topological polar surface area (TPSA) is 138 Å². The third kappa shape index (κ3) is 8.46. The summed E-state index contributed by atoms with van der Waals surface area (Å²) in [5, 5.41) is 24.2. The Morgan fingerprint density at radius 2 is 1.83 bits per heavy atom. The number of aromatic nitrogens is 1. The van der Waals surface area contributed by atoms with E-state index < -0.39 is 30.1 Å². The van der Waals surface area contributed by atoms with E-state index in [-0.39, 0.29) is 31.1 Å². The van der Waals surface area contributed by atoms with E-state index in [4.69, 9.17) is 16.3 Å². The van der Waals surface area contributed by atoms with Gasteiger partial charge in [0, 0.05) is 19.2 Å². The number of nitrogens with zero attached hydrogens (tertiary/aromatic N) is 1. The first-order valence-corrected chi connectivity index (χ1v) is 9.46. The highest BCUT2D eigenvalue weighted by Gasteiger charge is 2.22. The van der Waals surface area contributed by atoms with E-state index in [0.717, 1.165) is 5.56 Å². The molecule has 4 N–H and O–H groups in total. The largest absolute Gasteiger partial charge is 0.480 e. The molecule has 0 aliphatic carbocycles. The number of halogens is 1. The second-order valence-corrected chi connectivity index (χ2v) is 6.84. The minimum absolute atomic E-state index is 0.00536. The summed E-state index contributed by atoms with van der Waals surface area (Å²) in [4.78, 5) is 39.0. The number of nitrogens with one attached hydrogen (secondary N) is 2. The Balaban J connectivity index is 1.73. The van der Waals surface area contributed by atoms with Crippen LogP contribution in [0.3, 0.4) is 0 Å². The van der Waals surface area contributed by atoms with Gasteiger partial charge in [0.25, 0.3) is 0 Å². The van der Waals surface area contributed by atoms with Crippen LogP contribution in [-0.4, -0.2) is 51.9 Å². The molecule has 0 aliphatic rings. The molecule has 160 valence electrons. The number of carboxylic acids is 1. The summed E-state index contributed by atoms with van der Waals surface area (Å²) in [6, 6.07) is 11.0. The van der Waals surface area contributed by atoms with E-state index >= 15 is 0 Å². The number of hydrogen-bond donors (Lipinski definition) is 4. The number of carbonyl (C=O) groups excluding carboxylic acids is 2. The molecule has 0 aliphatic heterocycles. The van der Waals surface area contributed by atoms with E-state index in [2.05, 4.69) is 15.6 Å². The Hall–Kier alpha value is -3.17. The van der Waals surface area contributed by atoms with Crippen LogP contribution in [0.1, 0.15) is 17.5 Å². The summed E-state index contributed by atoms with van der Waals surface area (Å²) < 4.78 is 5.00. The van der Waals surface area contributed by atoms with Gasteiger partial charge in [-0.1, -0.05) is 48.0 Å². The number of rotatable bonds is 10. The van der Waals surface area contributed by atoms with Gasteiger partial charge in [0.05, 0.1) is 12.5 Å². The number of benzene rings is 1. The molecule has 0 saturated heterocycles. The number of hydrogen-bond acceptors (Lipinski definition) is 6. The number of carboxylic acid groups (broad SMARTS) is 1. The normalized spacial score (nSPS) is 12.5. The van der Waals surface area contributed by atoms with Crippen molar-refractivity contribution in [3.8, 4) is 0 Å². The van der Waals surface area contributed by atoms with Crippen LogP contribution in [-0.2, 0) is 27.4 Å². The molecule has 1 aromatic heterocycles. The van der Waals surface area contributed by atoms with Gasteiger partial charge >= 0.3 is 12.1 Å². The molecule has 0 spiro atoms. The number of pyridine rings is 1. The molecule has 2 rings (SSSR count). The van der Waals surface area contributed by atoms with Crippen molar-refractivity contribution in [3.63, 3.8) is 0 Å². The predicted octanol–water partition coefficient (Wildman–Crippen LogP) is 1.52. The zero-order valence-electron chi connectivity index (χ0n) is 16.0. The molecule has 2 atom stereocenters. The van der Waals surface area contributed by atoms with Gasteiger partial charge in [-0.15, -0.1) is 0 Å². The SMILES string of the molecule is O=C(C[C@H](O)CNC(=O)OCc1ccccc1)N[C@H](Cc1ccc(Cl)nc1)C(=O)O. The Kier molecular flexibility index (Phi) is 9.04. The Morgan fingerprint density at radius 3 is 2.47 bits per heavy atom. The van der Waals surface area contributed by atoms with E-state index in [1.807, 2.05) is 18.2 Å². The van der Waals surface area contributed by atoms with Gasteiger partial charge < -0.3 is 25.6 Å². The molecule has 10 heteroatoms. The van der Waals surface area contributed by atoms with Crippen LogP contribution in [0.15, 0.2) is 48.7 Å². The first kappa shape index (κ1) is 23.1. The number of amides is 2. The van der Waals surface area contributed by atoms with Crippen molar-refractivity contribution in [2.45, 2.75) is 31.6 Å². The molecule has 0 fully saturated rings. The van der Waals surface area contributed by atoms with Crippen LogP contribution >= 0.6 is 11.6 Å². The minimum atomic E-state index is -1.23. The van der Waals surface area contributed by atoms with E-state index in [1.54, 1.807) is 18.2 Å². The van der Waals surface area contributed by atoms with Gasteiger partial charge in [0.2, 0.25) is 5.91 Å². The van der Waals surface area contributed by atoms with E-state index in [1.165, 1.54) is 12.3 Å². The zero-order valence-corrected chi connectivity index (χ0v) is 16.7. The molecule has 9 nitrogen and oxygen atoms in total. The molecule has 1 aromatic carbocycles. The maximum atomic E-state index is 12.1. The standard InChI is InChI=1S/C20H22ClN3O6/c21-17-7-6-14(10-22-17)8-16(19(27)28)24-18(26)9-15(25)11-23-20(29)30-12-13-4-2-1-3-5-13/h1-7,10,15-16,25H,8-9,11-12H2,(H,23,29)(H,24,26)(H,27,28)/t15-,16+/m0/s1. The van der Waals surface area contributed by atoms with Crippen molar-refractivity contribution in [2.24, 2.45) is 0 Å². The monoisotopic (exact) mass is 435 g/mol. The van der Waals surface area contributed by atoms with Crippen molar-refractivity contribution >= 4 is 29.6 Å². The summed E-state index contributed by atoms with van der Waals surface area (Å²) in [5.41, 5.74) is 1.39. The summed E-state index contributed by atoms with van der Waals surface area (Å²) in [6.07, 6.45) is -0.907. The number of aliphatic carboxylic acids is 1. The minimum Gasteiger partial charge on any atom is -0.480 e. The molecule has 30 heavy (non-hydrogen) atoms. The third-order valence-corrected chi connectivity index (χ3v) is 4.20. The molecular formula is C20H22ClN3O6. The lowest BCUT2D eigenvalue weighted by Gasteiger charge is -2.16. The number of ether oxygens (including phenoxy) is 1. The first-order chi connectivity index (χ1) is 14.3. The maximum Gasteiger partial charge on any atom is 0.407 e. The molecule has 0 saturated carbocycles. The summed E-state index contributed by atoms with van der Waals surface area (Å²) in [5.74, 6) is -1.90. The Labute approximate surface area is 178 Å². The lowest BCUT2D eigenvalue weighted by atomic mass is 10.1. The predicted molar refractivity (Wildman–Crippen MR) is 108 cm³/mol. The molecular weight excluding hydrogens is 414 g/mol. The molecule has 0 radical (unpaired) electrons. The number of aliphatic hydroxyl groups excluding tert-OH is 1. The van der Waals surface area contributed by atoms with E-state index in [9.17, 15) is 24.6 Å². The van der Waals surface area contributed by atoms with Crippen LogP contribution in [0.4, 0.5) is 4.79 Å². The second kappa shape index (κ2) is 11.7. The van der Waals surface area contributed by atoms with Crippen molar-refractivity contribution < 1.29 is 29.3 Å². The number of alkyl carbamates (subject to hydrolysis) is 1. The van der Waals surface area contributed by atoms with Crippen molar-refractivity contribution in [1.29, 1.82) is 0 Å². The zero-order chi connectivity index (χ0) is 21.9. The second-order valence-electron chi connectivity index (χ2n) is 6.45. The molecule has 0 bridgehead atoms. The van der Waals surface area contributed by atoms with Gasteiger partial charge in [0.15, 0.2) is 0 Å². The third-order valence-electron chi connectivity index (χ3n) is 3.98. The highest BCUT2D eigenvalue weighted by molar-refractivity contribution is 6.29. The molecule has 2 amide bonds. The Bertz CT molecular complexity index is 847. The van der Waals surface area contributed by atoms with Gasteiger partial charge in [-0.3, -0.25) is 4.79 Å². The van der Waals surface area contributed by atoms with E-state index in [0.29, 0.717) is 5.56 Å². The van der Waals surface area contributed by atoms with Crippen molar-refractivity contribution in [3.05, 3.63) is 64.9 Å². The highest BCUT2D eigenvalue weighted by Crippen LogP contribution is 2.08. The summed E-state index contributed by atoms with van der Waals surface area (Å²) in [7, 11) is 0. The fraction of sp³-hybridized carbons (Fsp3) is 0.300. The van der Waals surface area contributed by atoms with Gasteiger partial charge in [-0.25, -0.2) is 14.6 Å². The van der Waals surface area contributed by atoms with Crippen LogP contribution in [0, 0.1) is 0 Å². The first-order valence-electron chi connectivity index (χ1n) is 9.08. The highest BCUT2D eigenvalue weighted by atomic mass is 35.5. The summed E-state index contributed by atoms with van der Waals surface area (Å²) >= 11 is 5.69. The smallest absolute Gasteiger partial charge is 0.407 e. The lowest BCUT2D eigenvalue weighted by Crippen LogP contribution is -2.44. The lowest BCUT2D eigenvalue weighted by molar-refractivity contribution is -0.142. The van der Waals surface area contributed by atoms with Crippen molar-refractivity contribution in [2.75, 3.05) is 6.54 Å². The number of carbonyl (C=O) groups is 3.